The van der Waals surface area contributed by atoms with E-state index in [-0.39, 0.29) is 5.91 Å². The fourth-order valence-corrected chi connectivity index (χ4v) is 4.09. The molecule has 2 saturated heterocycles. The number of carbonyl (C=O) groups excluding carboxylic acids is 1. The van der Waals surface area contributed by atoms with Gasteiger partial charge >= 0.3 is 0 Å². The third kappa shape index (κ3) is 3.37. The highest BCUT2D eigenvalue weighted by atomic mass is 127. The summed E-state index contributed by atoms with van der Waals surface area (Å²) in [6.45, 7) is 3.90. The molecule has 21 heavy (non-hydrogen) atoms. The molecule has 1 N–H and O–H groups in total. The Balaban J connectivity index is 1.76. The molecule has 0 bridgehead atoms. The summed E-state index contributed by atoms with van der Waals surface area (Å²) in [5.41, 5.74) is 1.00. The molecule has 3 rings (SSSR count). The Labute approximate surface area is 144 Å². The summed E-state index contributed by atoms with van der Waals surface area (Å²) in [7, 11) is 0. The van der Waals surface area contributed by atoms with Gasteiger partial charge in [0.1, 0.15) is 0 Å². The molecule has 1 atom stereocenters. The van der Waals surface area contributed by atoms with E-state index in [0.29, 0.717) is 16.0 Å². The van der Waals surface area contributed by atoms with Crippen LogP contribution in [0.5, 0.6) is 0 Å². The first-order chi connectivity index (χ1) is 10.1. The molecule has 0 saturated carbocycles. The lowest BCUT2D eigenvalue weighted by Gasteiger charge is -2.45. The van der Waals surface area contributed by atoms with Gasteiger partial charge in [0.15, 0.2) is 0 Å². The zero-order valence-electron chi connectivity index (χ0n) is 12.0. The predicted octanol–water partition coefficient (Wildman–Crippen LogP) is 3.55. The normalized spacial score (nSPS) is 26.1. The molecule has 1 spiro atoms. The van der Waals surface area contributed by atoms with Crippen molar-refractivity contribution >= 4 is 40.1 Å². The second-order valence-electron chi connectivity index (χ2n) is 6.24. The lowest BCUT2D eigenvalue weighted by Crippen LogP contribution is -2.52. The molecule has 5 heteroatoms. The minimum atomic E-state index is 0.123. The first-order valence-electron chi connectivity index (χ1n) is 7.55. The number of benzene rings is 1. The van der Waals surface area contributed by atoms with Crippen LogP contribution < -0.4 is 5.32 Å². The van der Waals surface area contributed by atoms with Crippen LogP contribution in [-0.2, 0) is 0 Å². The van der Waals surface area contributed by atoms with E-state index in [2.05, 4.69) is 27.9 Å². The molecule has 3 nitrogen and oxygen atoms in total. The van der Waals surface area contributed by atoms with Crippen LogP contribution in [-0.4, -0.2) is 37.0 Å². The van der Waals surface area contributed by atoms with Crippen molar-refractivity contribution in [3.8, 4) is 0 Å². The van der Waals surface area contributed by atoms with Crippen molar-refractivity contribution < 1.29 is 4.79 Å². The molecule has 114 valence electrons. The van der Waals surface area contributed by atoms with E-state index in [9.17, 15) is 4.79 Å². The van der Waals surface area contributed by atoms with Gasteiger partial charge in [0.05, 0.1) is 5.02 Å². The van der Waals surface area contributed by atoms with Gasteiger partial charge in [0, 0.05) is 34.2 Å². The number of halogens is 2. The maximum Gasteiger partial charge on any atom is 0.253 e. The van der Waals surface area contributed by atoms with Gasteiger partial charge in [-0.3, -0.25) is 4.79 Å². The Morgan fingerprint density at radius 3 is 2.86 bits per heavy atom. The predicted molar refractivity (Wildman–Crippen MR) is 93.8 cm³/mol. The number of piperidine rings is 2. The highest BCUT2D eigenvalue weighted by molar-refractivity contribution is 14.1. The number of hydrogen-bond acceptors (Lipinski definition) is 2. The Morgan fingerprint density at radius 1 is 1.33 bits per heavy atom. The number of likely N-dealkylation sites (tertiary alicyclic amines) is 1. The SMILES string of the molecule is O=C(c1ccc(I)c(Cl)c1)N1CCCC2(CCCNC2)C1. The highest BCUT2D eigenvalue weighted by Gasteiger charge is 2.38. The molecule has 0 radical (unpaired) electrons. The van der Waals surface area contributed by atoms with Crippen molar-refractivity contribution in [2.24, 2.45) is 5.41 Å². The van der Waals surface area contributed by atoms with Crippen molar-refractivity contribution in [3.05, 3.63) is 32.4 Å². The van der Waals surface area contributed by atoms with Gasteiger partial charge in [-0.2, -0.15) is 0 Å². The summed E-state index contributed by atoms with van der Waals surface area (Å²) in [4.78, 5) is 14.8. The quantitative estimate of drug-likeness (QED) is 0.708. The average Bonchev–Trinajstić information content (AvgIpc) is 2.50. The van der Waals surface area contributed by atoms with Gasteiger partial charge < -0.3 is 10.2 Å². The Bertz CT molecular complexity index is 538. The largest absolute Gasteiger partial charge is 0.338 e. The van der Waals surface area contributed by atoms with Gasteiger partial charge in [-0.15, -0.1) is 0 Å². The average molecular weight is 419 g/mol. The maximum absolute atomic E-state index is 12.7. The van der Waals surface area contributed by atoms with Gasteiger partial charge in [-0.1, -0.05) is 11.6 Å². The number of carbonyl (C=O) groups is 1. The van der Waals surface area contributed by atoms with E-state index >= 15 is 0 Å². The third-order valence-electron chi connectivity index (χ3n) is 4.68. The zero-order valence-corrected chi connectivity index (χ0v) is 14.9. The summed E-state index contributed by atoms with van der Waals surface area (Å²) < 4.78 is 0.984. The van der Waals surface area contributed by atoms with Crippen LogP contribution in [0.3, 0.4) is 0 Å². The van der Waals surface area contributed by atoms with Crippen molar-refractivity contribution in [2.75, 3.05) is 26.2 Å². The molecule has 1 aromatic rings. The Morgan fingerprint density at radius 2 is 2.14 bits per heavy atom. The number of nitrogens with zero attached hydrogens (tertiary/aromatic N) is 1. The maximum atomic E-state index is 12.7. The molecular formula is C16H20ClIN2O. The highest BCUT2D eigenvalue weighted by Crippen LogP contribution is 2.36. The van der Waals surface area contributed by atoms with Crippen LogP contribution in [0, 0.1) is 8.99 Å². The van der Waals surface area contributed by atoms with Crippen LogP contribution >= 0.6 is 34.2 Å². The van der Waals surface area contributed by atoms with Crippen molar-refractivity contribution in [2.45, 2.75) is 25.7 Å². The van der Waals surface area contributed by atoms with Crippen LogP contribution in [0.4, 0.5) is 0 Å². The van der Waals surface area contributed by atoms with Gasteiger partial charge in [-0.05, 0) is 73.0 Å². The monoisotopic (exact) mass is 418 g/mol. The fraction of sp³-hybridized carbons (Fsp3) is 0.562. The minimum Gasteiger partial charge on any atom is -0.338 e. The van der Waals surface area contributed by atoms with Crippen LogP contribution in [0.25, 0.3) is 0 Å². The number of amides is 1. The second kappa shape index (κ2) is 6.42. The van der Waals surface area contributed by atoms with Crippen LogP contribution in [0.2, 0.25) is 5.02 Å². The first kappa shape index (κ1) is 15.6. The van der Waals surface area contributed by atoms with Gasteiger partial charge in [0.25, 0.3) is 5.91 Å². The minimum absolute atomic E-state index is 0.123. The van der Waals surface area contributed by atoms with E-state index in [1.165, 1.54) is 19.3 Å². The molecule has 2 heterocycles. The second-order valence-corrected chi connectivity index (χ2v) is 7.81. The van der Waals surface area contributed by atoms with E-state index in [1.54, 1.807) is 6.07 Å². The summed E-state index contributed by atoms with van der Waals surface area (Å²) in [5.74, 6) is 0.123. The number of rotatable bonds is 1. The first-order valence-corrected chi connectivity index (χ1v) is 9.00. The van der Waals surface area contributed by atoms with E-state index < -0.39 is 0 Å². The fourth-order valence-electron chi connectivity index (χ4n) is 3.57. The Hall–Kier alpha value is -0.330. The molecule has 0 aliphatic carbocycles. The van der Waals surface area contributed by atoms with Gasteiger partial charge in [-0.25, -0.2) is 0 Å². The van der Waals surface area contributed by atoms with Gasteiger partial charge in [0.2, 0.25) is 0 Å². The summed E-state index contributed by atoms with van der Waals surface area (Å²) in [6, 6.07) is 5.60. The Kier molecular flexibility index (Phi) is 4.76. The number of nitrogens with one attached hydrogen (secondary N) is 1. The molecule has 2 fully saturated rings. The molecule has 1 unspecified atom stereocenters. The lowest BCUT2D eigenvalue weighted by atomic mass is 9.74. The molecule has 2 aliphatic heterocycles. The smallest absolute Gasteiger partial charge is 0.253 e. The number of hydrogen-bond donors (Lipinski definition) is 1. The van der Waals surface area contributed by atoms with E-state index in [1.807, 2.05) is 17.0 Å². The molecule has 0 aromatic heterocycles. The summed E-state index contributed by atoms with van der Waals surface area (Å²) in [6.07, 6.45) is 4.79. The van der Waals surface area contributed by atoms with Crippen molar-refractivity contribution in [1.29, 1.82) is 0 Å². The molecular weight excluding hydrogens is 399 g/mol. The van der Waals surface area contributed by atoms with E-state index in [4.69, 9.17) is 11.6 Å². The van der Waals surface area contributed by atoms with Crippen molar-refractivity contribution in [3.63, 3.8) is 0 Å². The molecule has 1 amide bonds. The zero-order chi connectivity index (χ0) is 14.9. The molecule has 1 aromatic carbocycles. The third-order valence-corrected chi connectivity index (χ3v) is 6.25. The van der Waals surface area contributed by atoms with E-state index in [0.717, 1.165) is 36.2 Å². The standard InChI is InChI=1S/C16H20ClIN2O/c17-13-9-12(3-4-14(13)18)15(21)20-8-2-6-16(11-20)5-1-7-19-10-16/h3-4,9,19H,1-2,5-8,10-11H2. The lowest BCUT2D eigenvalue weighted by molar-refractivity contribution is 0.0434. The van der Waals surface area contributed by atoms with Crippen LogP contribution in [0.15, 0.2) is 18.2 Å². The molecule has 2 aliphatic rings. The summed E-state index contributed by atoms with van der Waals surface area (Å²) in [5, 5.41) is 4.16. The topological polar surface area (TPSA) is 32.3 Å². The summed E-state index contributed by atoms with van der Waals surface area (Å²) >= 11 is 8.33. The van der Waals surface area contributed by atoms with Crippen LogP contribution in [0.1, 0.15) is 36.0 Å². The van der Waals surface area contributed by atoms with Crippen molar-refractivity contribution in [1.82, 2.24) is 10.2 Å².